The molecule has 2 bridgehead atoms. The first kappa shape index (κ1) is 30.2. The molecule has 238 valence electrons. The average molecular weight is 643 g/mol. The van der Waals surface area contributed by atoms with Gasteiger partial charge in [-0.05, 0) is 74.8 Å². The Labute approximate surface area is 261 Å². The number of nitrogens with one attached hydrogen (secondary N) is 1. The number of likely N-dealkylation sites (tertiary alicyclic amines) is 1. The zero-order chi connectivity index (χ0) is 31.6. The number of hydrogen-bond donors (Lipinski definition) is 2. The number of alkyl halides is 3. The number of aromatic nitrogens is 3. The number of nitrogens with zero attached hydrogens (tertiary/aromatic N) is 5. The summed E-state index contributed by atoms with van der Waals surface area (Å²) in [7, 11) is 2.06. The summed E-state index contributed by atoms with van der Waals surface area (Å²) >= 11 is 1.40. The molecule has 2 aromatic carbocycles. The Morgan fingerprint density at radius 1 is 1.09 bits per heavy atom. The van der Waals surface area contributed by atoms with Crippen LogP contribution in [0.2, 0.25) is 0 Å². The van der Waals surface area contributed by atoms with Crippen molar-refractivity contribution in [2.75, 3.05) is 37.3 Å². The number of anilines is 1. The first-order chi connectivity index (χ1) is 21.5. The number of thioether (sulfide) groups is 1. The second-order valence-corrected chi connectivity index (χ2v) is 13.3. The van der Waals surface area contributed by atoms with Gasteiger partial charge in [0.2, 0.25) is 0 Å². The molecule has 0 radical (unpaired) electrons. The molecule has 8 nitrogen and oxygen atoms in total. The summed E-state index contributed by atoms with van der Waals surface area (Å²) in [6.45, 7) is 3.78. The van der Waals surface area contributed by atoms with Crippen molar-refractivity contribution in [3.05, 3.63) is 57.8 Å². The average Bonchev–Trinajstić information content (AvgIpc) is 3.57. The van der Waals surface area contributed by atoms with E-state index in [0.717, 1.165) is 44.4 Å². The van der Waals surface area contributed by atoms with Crippen LogP contribution >= 0.6 is 11.8 Å². The lowest BCUT2D eigenvalue weighted by atomic mass is 9.99. The molecule has 45 heavy (non-hydrogen) atoms. The van der Waals surface area contributed by atoms with Crippen molar-refractivity contribution in [1.29, 1.82) is 0 Å². The van der Waals surface area contributed by atoms with E-state index in [0.29, 0.717) is 45.8 Å². The highest BCUT2D eigenvalue weighted by molar-refractivity contribution is 7.99. The predicted molar refractivity (Wildman–Crippen MR) is 167 cm³/mol. The molecular weight excluding hydrogens is 608 g/mol. The SMILES string of the molecule is CCc1c(F)ccc2cc(O)cc(-n3c(C(F)(F)F)cc4c(N5C[C@H]6CC[C@@H](C5)N6)nc(SC[C@@H]5CCCN5C)nc4c3=O)c12. The summed E-state index contributed by atoms with van der Waals surface area (Å²) in [5, 5.41) is 14.9. The number of piperazine rings is 1. The highest BCUT2D eigenvalue weighted by Crippen LogP contribution is 2.39. The second-order valence-electron chi connectivity index (χ2n) is 12.3. The molecule has 0 spiro atoms. The fourth-order valence-electron chi connectivity index (χ4n) is 7.23. The minimum absolute atomic E-state index is 0.0264. The third kappa shape index (κ3) is 5.42. The van der Waals surface area contributed by atoms with Gasteiger partial charge in [-0.25, -0.2) is 14.4 Å². The number of fused-ring (bicyclic) bond motifs is 4. The Hall–Kier alpha value is -3.42. The van der Waals surface area contributed by atoms with E-state index < -0.39 is 23.2 Å². The lowest BCUT2D eigenvalue weighted by Crippen LogP contribution is -2.51. The van der Waals surface area contributed by atoms with Crippen molar-refractivity contribution in [2.24, 2.45) is 0 Å². The topological polar surface area (TPSA) is 86.5 Å². The standard InChI is InChI=1S/C32H34F4N6O2S/c1-3-22-24(33)9-6-17-11-21(43)12-25(27(17)22)42-26(32(34,35)36)13-23-28(30(42)44)38-31(45-16-20-5-4-10-40(20)2)39-29(23)41-14-18-7-8-19(15-41)37-18/h6,9,11-13,18-20,37,43H,3-5,7-8,10,14-16H2,1-2H3/t18-,19+,20-/m0/s1. The van der Waals surface area contributed by atoms with Crippen LogP contribution in [0.3, 0.4) is 0 Å². The molecule has 0 unspecified atom stereocenters. The van der Waals surface area contributed by atoms with Crippen molar-refractivity contribution < 1.29 is 22.7 Å². The van der Waals surface area contributed by atoms with Gasteiger partial charge >= 0.3 is 6.18 Å². The molecule has 3 saturated heterocycles. The number of phenolic OH excluding ortho intramolecular Hbond substituents is 1. The van der Waals surface area contributed by atoms with Crippen molar-refractivity contribution in [3.8, 4) is 11.4 Å². The molecular formula is C32H34F4N6O2S. The van der Waals surface area contributed by atoms with Gasteiger partial charge in [0, 0.05) is 48.4 Å². The zero-order valence-electron chi connectivity index (χ0n) is 25.0. The summed E-state index contributed by atoms with van der Waals surface area (Å²) in [5.41, 5.74) is -2.48. The van der Waals surface area contributed by atoms with Gasteiger partial charge in [0.1, 0.15) is 28.6 Å². The van der Waals surface area contributed by atoms with E-state index in [9.17, 15) is 23.1 Å². The molecule has 3 atom stereocenters. The lowest BCUT2D eigenvalue weighted by molar-refractivity contribution is -0.142. The monoisotopic (exact) mass is 642 g/mol. The maximum atomic E-state index is 15.0. The van der Waals surface area contributed by atoms with Gasteiger partial charge in [0.25, 0.3) is 5.56 Å². The van der Waals surface area contributed by atoms with Crippen LogP contribution in [0.1, 0.15) is 43.9 Å². The number of phenols is 1. The number of hydrogen-bond acceptors (Lipinski definition) is 8. The number of rotatable bonds is 6. The third-order valence-corrected chi connectivity index (χ3v) is 10.4. The molecule has 3 aliphatic heterocycles. The van der Waals surface area contributed by atoms with E-state index >= 15 is 4.39 Å². The molecule has 4 aromatic rings. The van der Waals surface area contributed by atoms with Crippen LogP contribution in [0.5, 0.6) is 5.75 Å². The van der Waals surface area contributed by atoms with E-state index in [2.05, 4.69) is 22.2 Å². The molecule has 5 heterocycles. The Bertz CT molecular complexity index is 1850. The fourth-order valence-corrected chi connectivity index (χ4v) is 8.30. The van der Waals surface area contributed by atoms with Gasteiger partial charge in [-0.3, -0.25) is 9.36 Å². The zero-order valence-corrected chi connectivity index (χ0v) is 25.8. The van der Waals surface area contributed by atoms with Gasteiger partial charge in [0.05, 0.1) is 11.1 Å². The Morgan fingerprint density at radius 2 is 1.84 bits per heavy atom. The first-order valence-corrected chi connectivity index (χ1v) is 16.3. The van der Waals surface area contributed by atoms with Crippen LogP contribution in [0, 0.1) is 5.82 Å². The van der Waals surface area contributed by atoms with Crippen LogP contribution in [0.15, 0.2) is 40.3 Å². The van der Waals surface area contributed by atoms with Crippen molar-refractivity contribution >= 4 is 39.3 Å². The van der Waals surface area contributed by atoms with Crippen molar-refractivity contribution in [1.82, 2.24) is 24.8 Å². The van der Waals surface area contributed by atoms with E-state index in [1.807, 2.05) is 4.90 Å². The number of halogens is 4. The summed E-state index contributed by atoms with van der Waals surface area (Å²) < 4.78 is 60.4. The lowest BCUT2D eigenvalue weighted by Gasteiger charge is -2.34. The molecule has 3 aliphatic rings. The fraction of sp³-hybridized carbons (Fsp3) is 0.469. The number of aromatic hydroxyl groups is 1. The molecule has 7 rings (SSSR count). The minimum Gasteiger partial charge on any atom is -0.508 e. The maximum Gasteiger partial charge on any atom is 0.431 e. The highest BCUT2D eigenvalue weighted by Gasteiger charge is 2.39. The Kier molecular flexibility index (Phi) is 7.68. The Morgan fingerprint density at radius 3 is 2.51 bits per heavy atom. The van der Waals surface area contributed by atoms with Gasteiger partial charge in [0.15, 0.2) is 5.16 Å². The van der Waals surface area contributed by atoms with E-state index in [4.69, 9.17) is 4.98 Å². The molecule has 0 amide bonds. The van der Waals surface area contributed by atoms with Gasteiger partial charge < -0.3 is 20.2 Å². The normalized spacial score (nSPS) is 22.3. The predicted octanol–water partition coefficient (Wildman–Crippen LogP) is 5.49. The van der Waals surface area contributed by atoms with Crippen molar-refractivity contribution in [2.45, 2.75) is 68.5 Å². The largest absolute Gasteiger partial charge is 0.508 e. The smallest absolute Gasteiger partial charge is 0.431 e. The van der Waals surface area contributed by atoms with Crippen LogP contribution in [0.4, 0.5) is 23.4 Å². The molecule has 0 saturated carbocycles. The molecule has 0 aliphatic carbocycles. The summed E-state index contributed by atoms with van der Waals surface area (Å²) in [5.74, 6) is 0.0478. The maximum absolute atomic E-state index is 15.0. The van der Waals surface area contributed by atoms with Crippen LogP contribution in [-0.2, 0) is 12.6 Å². The number of pyridine rings is 1. The van der Waals surface area contributed by atoms with Crippen LogP contribution < -0.4 is 15.8 Å². The quantitative estimate of drug-likeness (QED) is 0.162. The summed E-state index contributed by atoms with van der Waals surface area (Å²) in [6, 6.07) is 6.65. The molecule has 2 N–H and O–H groups in total. The van der Waals surface area contributed by atoms with Gasteiger partial charge in [-0.1, -0.05) is 24.8 Å². The second kappa shape index (κ2) is 11.4. The number of benzene rings is 2. The molecule has 3 fully saturated rings. The first-order valence-electron chi connectivity index (χ1n) is 15.3. The van der Waals surface area contributed by atoms with Crippen LogP contribution in [0.25, 0.3) is 27.4 Å². The minimum atomic E-state index is -4.97. The van der Waals surface area contributed by atoms with E-state index in [-0.39, 0.29) is 51.8 Å². The highest BCUT2D eigenvalue weighted by atomic mass is 32.2. The van der Waals surface area contributed by atoms with E-state index in [1.54, 1.807) is 6.92 Å². The molecule has 13 heteroatoms. The van der Waals surface area contributed by atoms with Crippen molar-refractivity contribution in [3.63, 3.8) is 0 Å². The third-order valence-electron chi connectivity index (χ3n) is 9.44. The van der Waals surface area contributed by atoms with Gasteiger partial charge in [-0.2, -0.15) is 13.2 Å². The Balaban J connectivity index is 1.49. The van der Waals surface area contributed by atoms with Crippen LogP contribution in [-0.4, -0.2) is 75.1 Å². The summed E-state index contributed by atoms with van der Waals surface area (Å²) in [4.78, 5) is 28.1. The van der Waals surface area contributed by atoms with Gasteiger partial charge in [-0.15, -0.1) is 0 Å². The molecule has 2 aromatic heterocycles. The summed E-state index contributed by atoms with van der Waals surface area (Å²) in [6.07, 6.45) is -0.779. The van der Waals surface area contributed by atoms with E-state index in [1.165, 1.54) is 30.0 Å². The number of aryl methyl sites for hydroxylation is 1.